The van der Waals surface area contributed by atoms with E-state index in [4.69, 9.17) is 29.9 Å². The maximum absolute atomic E-state index is 5.04. The van der Waals surface area contributed by atoms with Gasteiger partial charge in [0.25, 0.3) is 0 Å². The summed E-state index contributed by atoms with van der Waals surface area (Å²) >= 11 is 0. The Morgan fingerprint density at radius 1 is 0.310 bits per heavy atom. The smallest absolute Gasteiger partial charge is 0.159 e. The lowest BCUT2D eigenvalue weighted by Crippen LogP contribution is -2.04. The molecule has 1 aromatic carbocycles. The van der Waals surface area contributed by atoms with Crippen LogP contribution in [0.2, 0.25) is 0 Å². The van der Waals surface area contributed by atoms with Gasteiger partial charge in [0.15, 0.2) is 17.5 Å². The monoisotopic (exact) mass is 564 g/mol. The summed E-state index contributed by atoms with van der Waals surface area (Å²) in [4.78, 5) is 30.2. The summed E-state index contributed by atoms with van der Waals surface area (Å²) in [5.41, 5.74) is 9.44. The van der Waals surface area contributed by atoms with Crippen LogP contribution >= 0.6 is 0 Å². The minimum absolute atomic E-state index is 0.754. The van der Waals surface area contributed by atoms with E-state index in [9.17, 15) is 0 Å². The molecular weight excluding hydrogens is 516 g/mol. The van der Waals surface area contributed by atoms with Crippen molar-refractivity contribution < 1.29 is 0 Å². The Morgan fingerprint density at radius 3 is 0.667 bits per heavy atom. The predicted octanol–water partition coefficient (Wildman–Crippen LogP) is 8.77. The van der Waals surface area contributed by atoms with Crippen LogP contribution in [0, 0.1) is 0 Å². The second-order valence-electron chi connectivity index (χ2n) is 11.3. The molecule has 3 aromatic heterocycles. The maximum atomic E-state index is 5.04. The number of hydrogen-bond acceptors (Lipinski definition) is 6. The van der Waals surface area contributed by atoms with Crippen molar-refractivity contribution in [2.24, 2.45) is 0 Å². The summed E-state index contributed by atoms with van der Waals surface area (Å²) in [6.45, 7) is 13.2. The number of rotatable bonds is 15. The van der Waals surface area contributed by atoms with Crippen LogP contribution in [-0.4, -0.2) is 29.9 Å². The largest absolute Gasteiger partial charge is 0.233 e. The Hall–Kier alpha value is -3.54. The molecule has 4 rings (SSSR count). The van der Waals surface area contributed by atoms with Gasteiger partial charge in [0.2, 0.25) is 0 Å². The van der Waals surface area contributed by atoms with Gasteiger partial charge in [-0.05, 0) is 74.9 Å². The van der Waals surface area contributed by atoms with Crippen molar-refractivity contribution in [3.63, 3.8) is 0 Å². The van der Waals surface area contributed by atoms with Gasteiger partial charge < -0.3 is 0 Å². The topological polar surface area (TPSA) is 77.3 Å². The molecule has 0 N–H and O–H groups in total. The molecule has 0 aliphatic carbocycles. The predicted molar refractivity (Wildman–Crippen MR) is 173 cm³/mol. The Kier molecular flexibility index (Phi) is 11.7. The second kappa shape index (κ2) is 15.6. The fraction of sp³-hybridized carbons (Fsp3) is 0.500. The highest BCUT2D eigenvalue weighted by molar-refractivity contribution is 5.75. The highest BCUT2D eigenvalue weighted by atomic mass is 14.9. The quantitative estimate of drug-likeness (QED) is 0.144. The first-order valence-corrected chi connectivity index (χ1v) is 16.3. The van der Waals surface area contributed by atoms with Crippen LogP contribution in [0.5, 0.6) is 0 Å². The third kappa shape index (κ3) is 8.27. The van der Waals surface area contributed by atoms with Gasteiger partial charge in [-0.1, -0.05) is 80.1 Å². The summed E-state index contributed by atoms with van der Waals surface area (Å²) in [5, 5.41) is 0. The standard InChI is InChI=1S/C36H48N6/c1-7-13-28-22-29(14-8-2)38-34(37-28)25-19-26(35-39-30(15-9-3)23-31(40-35)16-10-4)21-27(20-25)36-41-32(17-11-5)24-33(42-36)18-12-6/h19-24H,7-18H2,1-6H3. The van der Waals surface area contributed by atoms with Crippen LogP contribution in [0.3, 0.4) is 0 Å². The molecule has 4 aromatic rings. The van der Waals surface area contributed by atoms with Gasteiger partial charge in [-0.15, -0.1) is 0 Å². The lowest BCUT2D eigenvalue weighted by molar-refractivity contribution is 0.831. The summed E-state index contributed by atoms with van der Waals surface area (Å²) in [7, 11) is 0. The van der Waals surface area contributed by atoms with E-state index in [1.54, 1.807) is 0 Å². The van der Waals surface area contributed by atoms with Crippen LogP contribution < -0.4 is 0 Å². The van der Waals surface area contributed by atoms with E-state index < -0.39 is 0 Å². The van der Waals surface area contributed by atoms with Gasteiger partial charge in [0, 0.05) is 50.9 Å². The number of hydrogen-bond donors (Lipinski definition) is 0. The molecule has 0 fully saturated rings. The maximum Gasteiger partial charge on any atom is 0.159 e. The Bertz CT molecular complexity index is 1200. The molecule has 0 unspecified atom stereocenters. The van der Waals surface area contributed by atoms with Crippen LogP contribution in [0.1, 0.15) is 114 Å². The third-order valence-electron chi connectivity index (χ3n) is 7.24. The normalized spacial score (nSPS) is 11.3. The summed E-state index contributed by atoms with van der Waals surface area (Å²) in [5.74, 6) is 2.26. The van der Waals surface area contributed by atoms with E-state index in [-0.39, 0.29) is 0 Å². The summed E-state index contributed by atoms with van der Waals surface area (Å²) in [6.07, 6.45) is 11.9. The van der Waals surface area contributed by atoms with Gasteiger partial charge in [-0.3, -0.25) is 0 Å². The van der Waals surface area contributed by atoms with Crippen LogP contribution in [-0.2, 0) is 38.5 Å². The van der Waals surface area contributed by atoms with Crippen molar-refractivity contribution >= 4 is 0 Å². The number of aryl methyl sites for hydroxylation is 6. The lowest BCUT2D eigenvalue weighted by atomic mass is 10.0. The highest BCUT2D eigenvalue weighted by Crippen LogP contribution is 2.31. The first kappa shape index (κ1) is 31.4. The fourth-order valence-corrected chi connectivity index (χ4v) is 5.37. The van der Waals surface area contributed by atoms with Crippen molar-refractivity contribution in [1.82, 2.24) is 29.9 Å². The molecule has 0 spiro atoms. The lowest BCUT2D eigenvalue weighted by Gasteiger charge is -2.13. The Morgan fingerprint density at radius 2 is 0.500 bits per heavy atom. The van der Waals surface area contributed by atoms with Gasteiger partial charge in [-0.25, -0.2) is 29.9 Å². The van der Waals surface area contributed by atoms with E-state index in [0.717, 1.165) is 145 Å². The number of nitrogens with zero attached hydrogens (tertiary/aromatic N) is 6. The Balaban J connectivity index is 1.97. The van der Waals surface area contributed by atoms with Gasteiger partial charge in [0.05, 0.1) is 0 Å². The molecule has 42 heavy (non-hydrogen) atoms. The zero-order valence-corrected chi connectivity index (χ0v) is 26.6. The molecule has 0 bridgehead atoms. The van der Waals surface area contributed by atoms with Crippen molar-refractivity contribution in [1.29, 1.82) is 0 Å². The van der Waals surface area contributed by atoms with Crippen LogP contribution in [0.25, 0.3) is 34.2 Å². The van der Waals surface area contributed by atoms with E-state index in [2.05, 4.69) is 77.9 Å². The van der Waals surface area contributed by atoms with E-state index in [0.29, 0.717) is 0 Å². The molecule has 6 heteroatoms. The van der Waals surface area contributed by atoms with E-state index in [1.807, 2.05) is 0 Å². The fourth-order valence-electron chi connectivity index (χ4n) is 5.37. The minimum atomic E-state index is 0.754. The molecule has 222 valence electrons. The van der Waals surface area contributed by atoms with E-state index in [1.165, 1.54) is 0 Å². The molecule has 0 saturated heterocycles. The molecule has 3 heterocycles. The second-order valence-corrected chi connectivity index (χ2v) is 11.3. The summed E-state index contributed by atoms with van der Waals surface area (Å²) in [6, 6.07) is 13.0. The molecule has 0 amide bonds. The van der Waals surface area contributed by atoms with Crippen molar-refractivity contribution in [3.8, 4) is 34.2 Å². The average molecular weight is 565 g/mol. The minimum Gasteiger partial charge on any atom is -0.233 e. The van der Waals surface area contributed by atoms with Gasteiger partial charge >= 0.3 is 0 Å². The van der Waals surface area contributed by atoms with Crippen molar-refractivity contribution in [3.05, 3.63) is 70.6 Å². The van der Waals surface area contributed by atoms with Crippen molar-refractivity contribution in [2.75, 3.05) is 0 Å². The molecule has 6 nitrogen and oxygen atoms in total. The average Bonchev–Trinajstić information content (AvgIpc) is 2.98. The third-order valence-corrected chi connectivity index (χ3v) is 7.24. The zero-order chi connectivity index (χ0) is 29.9. The van der Waals surface area contributed by atoms with Gasteiger partial charge in [0.1, 0.15) is 0 Å². The highest BCUT2D eigenvalue weighted by Gasteiger charge is 2.16. The first-order chi connectivity index (χ1) is 20.5. The first-order valence-electron chi connectivity index (χ1n) is 16.3. The summed E-state index contributed by atoms with van der Waals surface area (Å²) < 4.78 is 0. The van der Waals surface area contributed by atoms with Gasteiger partial charge in [-0.2, -0.15) is 0 Å². The molecule has 0 saturated carbocycles. The molecule has 0 aliphatic rings. The van der Waals surface area contributed by atoms with Crippen molar-refractivity contribution in [2.45, 2.75) is 119 Å². The number of benzene rings is 1. The molecule has 0 aliphatic heterocycles. The molecular formula is C36H48N6. The molecule has 0 atom stereocenters. The molecule has 0 radical (unpaired) electrons. The zero-order valence-electron chi connectivity index (χ0n) is 26.6. The number of aromatic nitrogens is 6. The Labute approximate surface area is 252 Å². The van der Waals surface area contributed by atoms with E-state index >= 15 is 0 Å². The SMILES string of the molecule is CCCc1cc(CCC)nc(-c2cc(-c3nc(CCC)cc(CCC)n3)cc(-c3nc(CCC)cc(CCC)n3)c2)n1. The van der Waals surface area contributed by atoms with Crippen LogP contribution in [0.4, 0.5) is 0 Å². The van der Waals surface area contributed by atoms with Crippen LogP contribution in [0.15, 0.2) is 36.4 Å².